The van der Waals surface area contributed by atoms with E-state index in [2.05, 4.69) is 5.32 Å². The smallest absolute Gasteiger partial charge is 0.342 e. The van der Waals surface area contributed by atoms with E-state index in [9.17, 15) is 14.4 Å². The van der Waals surface area contributed by atoms with Crippen molar-refractivity contribution in [2.45, 2.75) is 0 Å². The van der Waals surface area contributed by atoms with Crippen molar-refractivity contribution in [2.75, 3.05) is 25.6 Å². The van der Waals surface area contributed by atoms with Gasteiger partial charge in [0, 0.05) is 5.56 Å². The largest absolute Gasteiger partial charge is 0.496 e. The quantitative estimate of drug-likeness (QED) is 0.530. The zero-order valence-electron chi connectivity index (χ0n) is 15.6. The molecule has 0 radical (unpaired) electrons. The third-order valence-electron chi connectivity index (χ3n) is 4.56. The summed E-state index contributed by atoms with van der Waals surface area (Å²) in [4.78, 5) is 36.4. The number of methoxy groups -OCH3 is 1. The fraction of sp³-hybridized carbons (Fsp3) is 0.136. The fourth-order valence-electron chi connectivity index (χ4n) is 3.10. The van der Waals surface area contributed by atoms with Crippen LogP contribution in [0.1, 0.15) is 20.7 Å². The molecule has 4 rings (SSSR count). The van der Waals surface area contributed by atoms with Gasteiger partial charge in [0.1, 0.15) is 17.1 Å². The highest BCUT2D eigenvalue weighted by atomic mass is 16.5. The second kappa shape index (κ2) is 7.63. The first-order valence-corrected chi connectivity index (χ1v) is 8.89. The third kappa shape index (κ3) is 3.75. The van der Waals surface area contributed by atoms with E-state index in [-0.39, 0.29) is 18.1 Å². The van der Waals surface area contributed by atoms with Gasteiger partial charge in [-0.2, -0.15) is 0 Å². The maximum absolute atomic E-state index is 12.5. The van der Waals surface area contributed by atoms with Gasteiger partial charge in [-0.05, 0) is 41.1 Å². The molecule has 1 aliphatic heterocycles. The van der Waals surface area contributed by atoms with Gasteiger partial charge in [-0.25, -0.2) is 4.79 Å². The van der Waals surface area contributed by atoms with Crippen LogP contribution >= 0.6 is 0 Å². The van der Waals surface area contributed by atoms with Gasteiger partial charge >= 0.3 is 5.97 Å². The summed E-state index contributed by atoms with van der Waals surface area (Å²) in [5.74, 6) is -0.498. The Labute approximate surface area is 166 Å². The molecule has 7 nitrogen and oxygen atoms in total. The van der Waals surface area contributed by atoms with Crippen LogP contribution in [0.25, 0.3) is 10.8 Å². The lowest BCUT2D eigenvalue weighted by atomic mass is 10.1. The molecule has 1 amide bonds. The maximum atomic E-state index is 12.5. The Morgan fingerprint density at radius 1 is 1.07 bits per heavy atom. The minimum absolute atomic E-state index is 0.0640. The molecule has 3 aromatic carbocycles. The summed E-state index contributed by atoms with van der Waals surface area (Å²) in [5.41, 5.74) is 0.951. The number of esters is 1. The number of Topliss-reactive ketones (excluding diaryl/α,β-unsaturated/α-hetero) is 1. The lowest BCUT2D eigenvalue weighted by Crippen LogP contribution is -2.25. The molecule has 1 N–H and O–H groups in total. The lowest BCUT2D eigenvalue weighted by Gasteiger charge is -2.18. The molecule has 7 heteroatoms. The van der Waals surface area contributed by atoms with Crippen LogP contribution in [0.5, 0.6) is 11.5 Å². The van der Waals surface area contributed by atoms with Gasteiger partial charge in [-0.15, -0.1) is 0 Å². The minimum atomic E-state index is -0.657. The molecule has 0 saturated heterocycles. The van der Waals surface area contributed by atoms with Crippen LogP contribution in [0, 0.1) is 0 Å². The van der Waals surface area contributed by atoms with Crippen LogP contribution in [-0.4, -0.2) is 38.0 Å². The third-order valence-corrected chi connectivity index (χ3v) is 4.56. The van der Waals surface area contributed by atoms with Crippen LogP contribution in [0.15, 0.2) is 54.6 Å². The van der Waals surface area contributed by atoms with E-state index in [1.165, 1.54) is 13.2 Å². The molecule has 0 aromatic heterocycles. The number of ketones is 1. The zero-order chi connectivity index (χ0) is 20.4. The van der Waals surface area contributed by atoms with Gasteiger partial charge in [-0.3, -0.25) is 9.59 Å². The molecule has 0 bridgehead atoms. The van der Waals surface area contributed by atoms with Crippen molar-refractivity contribution < 1.29 is 28.6 Å². The molecule has 1 aliphatic rings. The average molecular weight is 391 g/mol. The van der Waals surface area contributed by atoms with Crippen LogP contribution < -0.4 is 14.8 Å². The number of nitrogens with one attached hydrogen (secondary N) is 1. The van der Waals surface area contributed by atoms with Crippen molar-refractivity contribution in [1.82, 2.24) is 0 Å². The number of benzene rings is 3. The summed E-state index contributed by atoms with van der Waals surface area (Å²) in [7, 11) is 1.47. The van der Waals surface area contributed by atoms with E-state index in [0.717, 1.165) is 10.8 Å². The number of fused-ring (bicyclic) bond motifs is 2. The highest BCUT2D eigenvalue weighted by molar-refractivity contribution is 6.03. The van der Waals surface area contributed by atoms with E-state index >= 15 is 0 Å². The highest BCUT2D eigenvalue weighted by Gasteiger charge is 2.20. The van der Waals surface area contributed by atoms with Crippen LogP contribution in [-0.2, 0) is 9.53 Å². The van der Waals surface area contributed by atoms with Crippen molar-refractivity contribution in [3.8, 4) is 11.5 Å². The predicted molar refractivity (Wildman–Crippen MR) is 106 cm³/mol. The Morgan fingerprint density at radius 2 is 1.83 bits per heavy atom. The molecular weight excluding hydrogens is 374 g/mol. The SMILES string of the molecule is COc1cc2ccccc2cc1C(=O)OCC(=O)c1ccc2c(c1)NC(=O)CO2. The van der Waals surface area contributed by atoms with Gasteiger partial charge in [0.25, 0.3) is 5.91 Å². The number of amides is 1. The molecule has 0 unspecified atom stereocenters. The van der Waals surface area contributed by atoms with Crippen molar-refractivity contribution >= 4 is 34.1 Å². The molecule has 0 saturated carbocycles. The Hall–Kier alpha value is -3.87. The van der Waals surface area contributed by atoms with Crippen molar-refractivity contribution in [1.29, 1.82) is 0 Å². The summed E-state index contributed by atoms with van der Waals surface area (Å²) in [6, 6.07) is 15.6. The summed E-state index contributed by atoms with van der Waals surface area (Å²) in [6.45, 7) is -0.506. The monoisotopic (exact) mass is 391 g/mol. The predicted octanol–water partition coefficient (Wildman–Crippen LogP) is 3.22. The van der Waals surface area contributed by atoms with E-state index in [1.54, 1.807) is 24.3 Å². The first-order chi connectivity index (χ1) is 14.0. The van der Waals surface area contributed by atoms with Crippen molar-refractivity contribution in [2.24, 2.45) is 0 Å². The second-order valence-electron chi connectivity index (χ2n) is 6.45. The Bertz CT molecular complexity index is 1140. The molecule has 0 atom stereocenters. The molecule has 29 heavy (non-hydrogen) atoms. The zero-order valence-corrected chi connectivity index (χ0v) is 15.6. The van der Waals surface area contributed by atoms with Gasteiger partial charge in [-0.1, -0.05) is 24.3 Å². The van der Waals surface area contributed by atoms with Crippen LogP contribution in [0.3, 0.4) is 0 Å². The molecule has 0 fully saturated rings. The Kier molecular flexibility index (Phi) is 4.87. The van der Waals surface area contributed by atoms with E-state index in [4.69, 9.17) is 14.2 Å². The van der Waals surface area contributed by atoms with E-state index in [0.29, 0.717) is 22.7 Å². The number of carbonyl (C=O) groups is 3. The molecular formula is C22H17NO6. The Balaban J connectivity index is 1.50. The first kappa shape index (κ1) is 18.5. The van der Waals surface area contributed by atoms with Gasteiger partial charge < -0.3 is 19.5 Å². The highest BCUT2D eigenvalue weighted by Crippen LogP contribution is 2.29. The second-order valence-corrected chi connectivity index (χ2v) is 6.45. The van der Waals surface area contributed by atoms with Gasteiger partial charge in [0.15, 0.2) is 19.0 Å². The minimum Gasteiger partial charge on any atom is -0.496 e. The van der Waals surface area contributed by atoms with Gasteiger partial charge in [0.05, 0.1) is 12.8 Å². The summed E-state index contributed by atoms with van der Waals surface area (Å²) >= 11 is 0. The summed E-state index contributed by atoms with van der Waals surface area (Å²) in [5, 5.41) is 4.42. The average Bonchev–Trinajstić information content (AvgIpc) is 2.75. The first-order valence-electron chi connectivity index (χ1n) is 8.89. The number of rotatable bonds is 5. The molecule has 0 aliphatic carbocycles. The van der Waals surface area contributed by atoms with E-state index in [1.807, 2.05) is 24.3 Å². The Morgan fingerprint density at radius 3 is 2.59 bits per heavy atom. The lowest BCUT2D eigenvalue weighted by molar-refractivity contribution is -0.118. The van der Waals surface area contributed by atoms with Gasteiger partial charge in [0.2, 0.25) is 0 Å². The van der Waals surface area contributed by atoms with Crippen LogP contribution in [0.2, 0.25) is 0 Å². The topological polar surface area (TPSA) is 90.9 Å². The summed E-state index contributed by atoms with van der Waals surface area (Å²) < 4.78 is 15.8. The summed E-state index contributed by atoms with van der Waals surface area (Å²) in [6.07, 6.45) is 0. The standard InChI is InChI=1S/C22H17NO6/c1-27-20-10-14-5-3-2-4-13(14)8-16(20)22(26)29-11-18(24)15-6-7-19-17(9-15)23-21(25)12-28-19/h2-10H,11-12H2,1H3,(H,23,25). The molecule has 1 heterocycles. The number of carbonyl (C=O) groups excluding carboxylic acids is 3. The number of hydrogen-bond acceptors (Lipinski definition) is 6. The van der Waals surface area contributed by atoms with E-state index < -0.39 is 18.4 Å². The number of hydrogen-bond donors (Lipinski definition) is 1. The van der Waals surface area contributed by atoms with Crippen LogP contribution in [0.4, 0.5) is 5.69 Å². The fourth-order valence-corrected chi connectivity index (χ4v) is 3.10. The number of ether oxygens (including phenoxy) is 3. The maximum Gasteiger partial charge on any atom is 0.342 e. The molecule has 3 aromatic rings. The normalized spacial score (nSPS) is 12.5. The molecule has 146 valence electrons. The van der Waals surface area contributed by atoms with Crippen molar-refractivity contribution in [3.63, 3.8) is 0 Å². The molecule has 0 spiro atoms. The van der Waals surface area contributed by atoms with Crippen molar-refractivity contribution in [3.05, 3.63) is 65.7 Å². The number of anilines is 1.